The fourth-order valence-corrected chi connectivity index (χ4v) is 4.52. The molecule has 4 aromatic rings. The van der Waals surface area contributed by atoms with Crippen molar-refractivity contribution in [1.82, 2.24) is 25.1 Å². The number of nitrogens with zero attached hydrogens (tertiary/aromatic N) is 4. The lowest BCUT2D eigenvalue weighted by Gasteiger charge is -2.30. The van der Waals surface area contributed by atoms with E-state index in [1.165, 1.54) is 0 Å². The second-order valence-corrected chi connectivity index (χ2v) is 8.59. The number of thiophene rings is 1. The lowest BCUT2D eigenvalue weighted by molar-refractivity contribution is 0.0855. The van der Waals surface area contributed by atoms with Crippen molar-refractivity contribution in [3.05, 3.63) is 65.1 Å². The summed E-state index contributed by atoms with van der Waals surface area (Å²) in [7, 11) is 1.88. The highest BCUT2D eigenvalue weighted by Crippen LogP contribution is 2.28. The molecule has 8 heteroatoms. The van der Waals surface area contributed by atoms with Crippen LogP contribution in [0.25, 0.3) is 21.5 Å². The Kier molecular flexibility index (Phi) is 4.78. The SMILES string of the molecule is Cn1cc(-c2ccc(Cc3cc(C(=O)NC4CC(F)C4)nc4ccsc34)cn2)cn1. The minimum Gasteiger partial charge on any atom is -0.348 e. The van der Waals surface area contributed by atoms with E-state index in [0.717, 1.165) is 32.6 Å². The molecule has 1 N–H and O–H groups in total. The minimum atomic E-state index is -0.805. The molecule has 0 radical (unpaired) electrons. The summed E-state index contributed by atoms with van der Waals surface area (Å²) in [5.74, 6) is -0.244. The van der Waals surface area contributed by atoms with Gasteiger partial charge in [-0.15, -0.1) is 11.3 Å². The zero-order valence-electron chi connectivity index (χ0n) is 16.4. The Morgan fingerprint density at radius 3 is 2.87 bits per heavy atom. The second-order valence-electron chi connectivity index (χ2n) is 7.67. The van der Waals surface area contributed by atoms with Crippen LogP contribution in [-0.4, -0.2) is 37.9 Å². The first-order chi connectivity index (χ1) is 14.5. The highest BCUT2D eigenvalue weighted by molar-refractivity contribution is 7.17. The molecule has 0 atom stereocenters. The third kappa shape index (κ3) is 3.70. The minimum absolute atomic E-state index is 0.0971. The summed E-state index contributed by atoms with van der Waals surface area (Å²) in [6, 6.07) is 7.70. The predicted octanol–water partition coefficient (Wildman–Crippen LogP) is 3.91. The number of aromatic nitrogens is 4. The summed E-state index contributed by atoms with van der Waals surface area (Å²) in [4.78, 5) is 21.7. The Labute approximate surface area is 176 Å². The summed E-state index contributed by atoms with van der Waals surface area (Å²) in [5, 5.41) is 9.04. The van der Waals surface area contributed by atoms with Crippen molar-refractivity contribution in [3.8, 4) is 11.3 Å². The molecular formula is C22H20FN5OS. The number of amides is 1. The van der Waals surface area contributed by atoms with E-state index in [9.17, 15) is 9.18 Å². The molecule has 1 aliphatic rings. The molecule has 4 aromatic heterocycles. The van der Waals surface area contributed by atoms with Gasteiger partial charge in [0.25, 0.3) is 5.91 Å². The normalized spacial score (nSPS) is 18.3. The van der Waals surface area contributed by atoms with Gasteiger partial charge in [0, 0.05) is 37.5 Å². The first-order valence-electron chi connectivity index (χ1n) is 9.81. The fourth-order valence-electron chi connectivity index (χ4n) is 3.67. The Balaban J connectivity index is 1.39. The van der Waals surface area contributed by atoms with Crippen LogP contribution in [0.15, 0.2) is 48.2 Å². The molecule has 0 bridgehead atoms. The molecule has 1 aliphatic carbocycles. The standard InChI is InChI=1S/C22H20FN5OS/c1-28-12-15(11-25-28)18-3-2-13(10-24-18)6-14-7-20(27-19-4-5-30-21(14)19)22(29)26-17-8-16(23)9-17/h2-5,7,10-12,16-17H,6,8-9H2,1H3,(H,26,29). The molecule has 0 aliphatic heterocycles. The van der Waals surface area contributed by atoms with Crippen LogP contribution >= 0.6 is 11.3 Å². The van der Waals surface area contributed by atoms with Crippen LogP contribution in [-0.2, 0) is 13.5 Å². The summed E-state index contributed by atoms with van der Waals surface area (Å²) >= 11 is 1.61. The largest absolute Gasteiger partial charge is 0.348 e. The maximum absolute atomic E-state index is 13.1. The van der Waals surface area contributed by atoms with Crippen LogP contribution in [0.3, 0.4) is 0 Å². The molecule has 30 heavy (non-hydrogen) atoms. The van der Waals surface area contributed by atoms with Crippen LogP contribution in [0.2, 0.25) is 0 Å². The number of carbonyl (C=O) groups is 1. The first-order valence-corrected chi connectivity index (χ1v) is 10.7. The van der Waals surface area contributed by atoms with Crippen molar-refractivity contribution in [1.29, 1.82) is 0 Å². The Morgan fingerprint density at radius 1 is 1.30 bits per heavy atom. The predicted molar refractivity (Wildman–Crippen MR) is 114 cm³/mol. The van der Waals surface area contributed by atoms with E-state index in [0.29, 0.717) is 25.0 Å². The highest BCUT2D eigenvalue weighted by atomic mass is 32.1. The lowest BCUT2D eigenvalue weighted by atomic mass is 9.90. The molecule has 4 heterocycles. The summed E-state index contributed by atoms with van der Waals surface area (Å²) in [6.45, 7) is 0. The van der Waals surface area contributed by atoms with E-state index in [-0.39, 0.29) is 11.9 Å². The third-order valence-corrected chi connectivity index (χ3v) is 6.34. The zero-order chi connectivity index (χ0) is 20.7. The average molecular weight is 422 g/mol. The quantitative estimate of drug-likeness (QED) is 0.530. The smallest absolute Gasteiger partial charge is 0.270 e. The monoisotopic (exact) mass is 421 g/mol. The molecule has 1 saturated carbocycles. The molecule has 0 spiro atoms. The van der Waals surface area contributed by atoms with Crippen molar-refractivity contribution in [2.24, 2.45) is 7.05 Å². The number of halogens is 1. The van der Waals surface area contributed by atoms with Crippen molar-refractivity contribution in [2.75, 3.05) is 0 Å². The van der Waals surface area contributed by atoms with Crippen molar-refractivity contribution in [3.63, 3.8) is 0 Å². The molecule has 1 fully saturated rings. The van der Waals surface area contributed by atoms with Gasteiger partial charge in [0.15, 0.2) is 0 Å². The van der Waals surface area contributed by atoms with E-state index < -0.39 is 6.17 Å². The lowest BCUT2D eigenvalue weighted by Crippen LogP contribution is -2.45. The Hall–Kier alpha value is -3.13. The molecule has 0 saturated heterocycles. The molecule has 6 nitrogen and oxygen atoms in total. The zero-order valence-corrected chi connectivity index (χ0v) is 17.2. The number of hydrogen-bond acceptors (Lipinski definition) is 5. The summed E-state index contributed by atoms with van der Waals surface area (Å²) < 4.78 is 15.9. The van der Waals surface area contributed by atoms with Crippen LogP contribution in [0.4, 0.5) is 4.39 Å². The molecule has 0 aromatic carbocycles. The van der Waals surface area contributed by atoms with Crippen LogP contribution < -0.4 is 5.32 Å². The van der Waals surface area contributed by atoms with Crippen molar-refractivity contribution >= 4 is 27.5 Å². The van der Waals surface area contributed by atoms with Crippen LogP contribution in [0.5, 0.6) is 0 Å². The molecule has 1 amide bonds. The molecule has 5 rings (SSSR count). The van der Waals surface area contributed by atoms with Gasteiger partial charge >= 0.3 is 0 Å². The number of hydrogen-bond donors (Lipinski definition) is 1. The second kappa shape index (κ2) is 7.60. The number of aryl methyl sites for hydroxylation is 1. The van der Waals surface area contributed by atoms with E-state index in [2.05, 4.69) is 20.4 Å². The van der Waals surface area contributed by atoms with Gasteiger partial charge in [-0.3, -0.25) is 14.5 Å². The van der Waals surface area contributed by atoms with Gasteiger partial charge in [-0.2, -0.15) is 5.10 Å². The average Bonchev–Trinajstić information content (AvgIpc) is 3.36. The number of rotatable bonds is 5. The third-order valence-electron chi connectivity index (χ3n) is 5.36. The van der Waals surface area contributed by atoms with E-state index >= 15 is 0 Å². The van der Waals surface area contributed by atoms with Gasteiger partial charge in [-0.1, -0.05) is 6.07 Å². The van der Waals surface area contributed by atoms with Gasteiger partial charge in [0.05, 0.1) is 22.1 Å². The maximum Gasteiger partial charge on any atom is 0.270 e. The van der Waals surface area contributed by atoms with Crippen LogP contribution in [0.1, 0.15) is 34.5 Å². The first kappa shape index (κ1) is 18.9. The number of pyridine rings is 2. The maximum atomic E-state index is 13.1. The molecule has 0 unspecified atom stereocenters. The van der Waals surface area contributed by atoms with E-state index in [1.54, 1.807) is 22.2 Å². The Bertz CT molecular complexity index is 1210. The highest BCUT2D eigenvalue weighted by Gasteiger charge is 2.30. The van der Waals surface area contributed by atoms with Gasteiger partial charge in [0.2, 0.25) is 0 Å². The fraction of sp³-hybridized carbons (Fsp3) is 0.273. The van der Waals surface area contributed by atoms with E-state index in [4.69, 9.17) is 0 Å². The number of carbonyl (C=O) groups excluding carboxylic acids is 1. The van der Waals surface area contributed by atoms with E-state index in [1.807, 2.05) is 49.1 Å². The number of fused-ring (bicyclic) bond motifs is 1. The van der Waals surface area contributed by atoms with Crippen LogP contribution in [0, 0.1) is 0 Å². The van der Waals surface area contributed by atoms with Crippen molar-refractivity contribution in [2.45, 2.75) is 31.5 Å². The molecular weight excluding hydrogens is 401 g/mol. The van der Waals surface area contributed by atoms with Gasteiger partial charge in [-0.05, 0) is 47.5 Å². The van der Waals surface area contributed by atoms with Gasteiger partial charge < -0.3 is 5.32 Å². The summed E-state index contributed by atoms with van der Waals surface area (Å²) in [6.07, 6.45) is 6.19. The topological polar surface area (TPSA) is 72.7 Å². The number of alkyl halides is 1. The molecule has 152 valence electrons. The van der Waals surface area contributed by atoms with Gasteiger partial charge in [0.1, 0.15) is 11.9 Å². The van der Waals surface area contributed by atoms with Gasteiger partial charge in [-0.25, -0.2) is 9.37 Å². The number of nitrogens with one attached hydrogen (secondary N) is 1. The summed E-state index contributed by atoms with van der Waals surface area (Å²) in [5.41, 5.74) is 5.11. The Morgan fingerprint density at radius 2 is 2.17 bits per heavy atom. The van der Waals surface area contributed by atoms with Crippen molar-refractivity contribution < 1.29 is 9.18 Å².